The average Bonchev–Trinajstić information content (AvgIpc) is 2.16. The van der Waals surface area contributed by atoms with Gasteiger partial charge in [-0.1, -0.05) is 0 Å². The van der Waals surface area contributed by atoms with Crippen molar-refractivity contribution in [3.8, 4) is 5.75 Å². The van der Waals surface area contributed by atoms with E-state index in [-0.39, 0.29) is 6.42 Å². The molecule has 0 amide bonds. The van der Waals surface area contributed by atoms with Crippen molar-refractivity contribution in [1.82, 2.24) is 0 Å². The van der Waals surface area contributed by atoms with Gasteiger partial charge in [0.25, 0.3) is 0 Å². The molecule has 0 atom stereocenters. The average molecular weight is 192 g/mol. The monoisotopic (exact) mass is 192 g/mol. The minimum atomic E-state index is -0.584. The van der Waals surface area contributed by atoms with E-state index >= 15 is 0 Å². The molecule has 0 bridgehead atoms. The molecule has 1 aromatic carbocycles. The summed E-state index contributed by atoms with van der Waals surface area (Å²) >= 11 is 0. The number of cyclic esters (lactones) is 2. The molecule has 0 fully saturated rings. The van der Waals surface area contributed by atoms with Crippen LogP contribution in [-0.4, -0.2) is 19.0 Å². The van der Waals surface area contributed by atoms with Crippen molar-refractivity contribution < 1.29 is 19.1 Å². The van der Waals surface area contributed by atoms with E-state index in [1.165, 1.54) is 7.11 Å². The second-order valence-corrected chi connectivity index (χ2v) is 2.96. The molecule has 0 aliphatic carbocycles. The van der Waals surface area contributed by atoms with Crippen molar-refractivity contribution in [3.63, 3.8) is 0 Å². The zero-order valence-corrected chi connectivity index (χ0v) is 7.57. The predicted octanol–water partition coefficient (Wildman–Crippen LogP) is 0.935. The molecule has 1 aliphatic heterocycles. The van der Waals surface area contributed by atoms with Gasteiger partial charge >= 0.3 is 11.9 Å². The number of hydrogen-bond donors (Lipinski definition) is 0. The highest BCUT2D eigenvalue weighted by Crippen LogP contribution is 2.22. The Morgan fingerprint density at radius 3 is 2.86 bits per heavy atom. The van der Waals surface area contributed by atoms with Crippen molar-refractivity contribution in [2.45, 2.75) is 6.42 Å². The molecule has 4 nitrogen and oxygen atoms in total. The van der Waals surface area contributed by atoms with Gasteiger partial charge in [-0.05, 0) is 23.8 Å². The van der Waals surface area contributed by atoms with Crippen molar-refractivity contribution in [2.24, 2.45) is 0 Å². The maximum atomic E-state index is 11.2. The summed E-state index contributed by atoms with van der Waals surface area (Å²) in [6, 6.07) is 4.94. The van der Waals surface area contributed by atoms with E-state index in [0.29, 0.717) is 16.9 Å². The van der Waals surface area contributed by atoms with Gasteiger partial charge in [0.1, 0.15) is 5.75 Å². The van der Waals surface area contributed by atoms with Gasteiger partial charge in [-0.15, -0.1) is 0 Å². The molecule has 0 saturated carbocycles. The smallest absolute Gasteiger partial charge is 0.346 e. The first kappa shape index (κ1) is 8.74. The summed E-state index contributed by atoms with van der Waals surface area (Å²) in [4.78, 5) is 22.2. The third kappa shape index (κ3) is 1.35. The Hall–Kier alpha value is -1.84. The van der Waals surface area contributed by atoms with Gasteiger partial charge in [-0.3, -0.25) is 4.79 Å². The Bertz CT molecular complexity index is 409. The van der Waals surface area contributed by atoms with Crippen molar-refractivity contribution >= 4 is 11.9 Å². The Morgan fingerprint density at radius 1 is 1.36 bits per heavy atom. The maximum absolute atomic E-state index is 11.2. The van der Waals surface area contributed by atoms with Crippen molar-refractivity contribution in [3.05, 3.63) is 29.3 Å². The van der Waals surface area contributed by atoms with Gasteiger partial charge in [-0.25, -0.2) is 4.79 Å². The highest BCUT2D eigenvalue weighted by molar-refractivity contribution is 6.02. The van der Waals surface area contributed by atoms with Crippen LogP contribution in [0, 0.1) is 0 Å². The lowest BCUT2D eigenvalue weighted by molar-refractivity contribution is -0.137. The molecular weight excluding hydrogens is 184 g/mol. The van der Waals surface area contributed by atoms with Gasteiger partial charge in [0.2, 0.25) is 0 Å². The first-order valence-electron chi connectivity index (χ1n) is 4.12. The number of benzene rings is 1. The molecule has 0 saturated heterocycles. The summed E-state index contributed by atoms with van der Waals surface area (Å²) < 4.78 is 9.45. The van der Waals surface area contributed by atoms with Crippen LogP contribution in [0.3, 0.4) is 0 Å². The molecule has 72 valence electrons. The summed E-state index contributed by atoms with van der Waals surface area (Å²) in [5, 5.41) is 0. The van der Waals surface area contributed by atoms with E-state index in [1.54, 1.807) is 18.2 Å². The molecule has 1 heterocycles. The molecule has 0 radical (unpaired) electrons. The van der Waals surface area contributed by atoms with Crippen LogP contribution in [0.15, 0.2) is 18.2 Å². The molecule has 14 heavy (non-hydrogen) atoms. The minimum Gasteiger partial charge on any atom is -0.497 e. The van der Waals surface area contributed by atoms with Crippen LogP contribution in [0.2, 0.25) is 0 Å². The Kier molecular flexibility index (Phi) is 1.96. The fourth-order valence-electron chi connectivity index (χ4n) is 1.39. The lowest BCUT2D eigenvalue weighted by Gasteiger charge is -2.14. The predicted molar refractivity (Wildman–Crippen MR) is 47.1 cm³/mol. The van der Waals surface area contributed by atoms with E-state index < -0.39 is 11.9 Å². The molecule has 1 aromatic rings. The van der Waals surface area contributed by atoms with Crippen LogP contribution in [-0.2, 0) is 16.0 Å². The van der Waals surface area contributed by atoms with Crippen LogP contribution in [0.25, 0.3) is 0 Å². The van der Waals surface area contributed by atoms with Gasteiger partial charge in [0.15, 0.2) is 0 Å². The molecule has 0 aromatic heterocycles. The second kappa shape index (κ2) is 3.14. The number of hydrogen-bond acceptors (Lipinski definition) is 4. The van der Waals surface area contributed by atoms with Gasteiger partial charge in [0, 0.05) is 0 Å². The number of methoxy groups -OCH3 is 1. The number of fused-ring (bicyclic) bond motifs is 1. The van der Waals surface area contributed by atoms with Crippen LogP contribution in [0.5, 0.6) is 5.75 Å². The molecule has 2 rings (SSSR count). The number of rotatable bonds is 1. The van der Waals surface area contributed by atoms with E-state index in [1.807, 2.05) is 0 Å². The molecule has 4 heteroatoms. The summed E-state index contributed by atoms with van der Waals surface area (Å²) in [7, 11) is 1.53. The number of carbonyl (C=O) groups is 2. The van der Waals surface area contributed by atoms with Crippen LogP contribution in [0.1, 0.15) is 15.9 Å². The van der Waals surface area contributed by atoms with Crippen molar-refractivity contribution in [1.29, 1.82) is 0 Å². The van der Waals surface area contributed by atoms with E-state index in [9.17, 15) is 9.59 Å². The summed E-state index contributed by atoms with van der Waals surface area (Å²) in [5.41, 5.74) is 1.09. The van der Waals surface area contributed by atoms with Gasteiger partial charge < -0.3 is 9.47 Å². The summed E-state index contributed by atoms with van der Waals surface area (Å²) in [5.74, 6) is -0.471. The third-order valence-corrected chi connectivity index (χ3v) is 2.07. The van der Waals surface area contributed by atoms with Gasteiger partial charge in [0.05, 0.1) is 19.1 Å². The number of carbonyl (C=O) groups excluding carboxylic acids is 2. The SMILES string of the molecule is COc1ccc2c(c1)CC(=O)OC2=O. The molecule has 0 spiro atoms. The van der Waals surface area contributed by atoms with E-state index in [4.69, 9.17) is 4.74 Å². The molecular formula is C10H8O4. The maximum Gasteiger partial charge on any atom is 0.346 e. The Morgan fingerprint density at radius 2 is 2.14 bits per heavy atom. The van der Waals surface area contributed by atoms with Crippen molar-refractivity contribution in [2.75, 3.05) is 7.11 Å². The lowest BCUT2D eigenvalue weighted by Crippen LogP contribution is -2.22. The Balaban J connectivity index is 2.49. The minimum absolute atomic E-state index is 0.123. The van der Waals surface area contributed by atoms with Crippen LogP contribution < -0.4 is 4.74 Å². The molecule has 0 N–H and O–H groups in total. The lowest BCUT2D eigenvalue weighted by atomic mass is 10.0. The normalized spacial score (nSPS) is 14.6. The number of esters is 2. The standard InChI is InChI=1S/C10H8O4/c1-13-7-2-3-8-6(4-7)5-9(11)14-10(8)12/h2-4H,5H2,1H3. The topological polar surface area (TPSA) is 52.6 Å². The highest BCUT2D eigenvalue weighted by atomic mass is 16.6. The number of ether oxygens (including phenoxy) is 2. The van der Waals surface area contributed by atoms with Gasteiger partial charge in [-0.2, -0.15) is 0 Å². The largest absolute Gasteiger partial charge is 0.497 e. The first-order valence-corrected chi connectivity index (χ1v) is 4.12. The highest BCUT2D eigenvalue weighted by Gasteiger charge is 2.24. The quantitative estimate of drug-likeness (QED) is 0.490. The summed E-state index contributed by atoms with van der Waals surface area (Å²) in [6.07, 6.45) is 0.123. The van der Waals surface area contributed by atoms with Crippen LogP contribution in [0.4, 0.5) is 0 Å². The zero-order valence-electron chi connectivity index (χ0n) is 7.57. The molecule has 1 aliphatic rings. The van der Waals surface area contributed by atoms with E-state index in [0.717, 1.165) is 0 Å². The Labute approximate surface area is 80.4 Å². The summed E-state index contributed by atoms with van der Waals surface area (Å²) in [6.45, 7) is 0. The van der Waals surface area contributed by atoms with Crippen LogP contribution >= 0.6 is 0 Å². The fraction of sp³-hybridized carbons (Fsp3) is 0.200. The third-order valence-electron chi connectivity index (χ3n) is 2.07. The molecule has 0 unspecified atom stereocenters. The van der Waals surface area contributed by atoms with E-state index in [2.05, 4.69) is 4.74 Å². The first-order chi connectivity index (χ1) is 6.70. The fourth-order valence-corrected chi connectivity index (χ4v) is 1.39. The zero-order chi connectivity index (χ0) is 10.1. The second-order valence-electron chi connectivity index (χ2n) is 2.96.